The first kappa shape index (κ1) is 27.6. The fraction of sp³-hybridized carbons (Fsp3) is 0.423. The largest absolute Gasteiger partial charge is 0.467 e. The van der Waals surface area contributed by atoms with Crippen molar-refractivity contribution in [2.45, 2.75) is 50.2 Å². The van der Waals surface area contributed by atoms with Crippen molar-refractivity contribution in [1.82, 2.24) is 9.57 Å². The summed E-state index contributed by atoms with van der Waals surface area (Å²) in [6.07, 6.45) is 0.863. The average Bonchev–Trinajstić information content (AvgIpc) is 3.37. The van der Waals surface area contributed by atoms with Gasteiger partial charge in [0.25, 0.3) is 5.91 Å². The number of likely N-dealkylation sites (tertiary alicyclic amines) is 1. The summed E-state index contributed by atoms with van der Waals surface area (Å²) in [5, 5.41) is 10.2. The van der Waals surface area contributed by atoms with E-state index >= 15 is 0 Å². The maximum atomic E-state index is 14.9. The van der Waals surface area contributed by atoms with Crippen molar-refractivity contribution < 1.29 is 28.8 Å². The molecular formula is C26H34N3O6P. The molecule has 3 N–H and O–H groups in total. The summed E-state index contributed by atoms with van der Waals surface area (Å²) in [5.41, 5.74) is 7.24. The van der Waals surface area contributed by atoms with Gasteiger partial charge in [0, 0.05) is 18.9 Å². The molecule has 0 saturated carbocycles. The number of aliphatic hydroxyl groups is 1. The van der Waals surface area contributed by atoms with Crippen LogP contribution in [0.5, 0.6) is 0 Å². The molecule has 0 bridgehead atoms. The number of ether oxygens (including phenoxy) is 1. The van der Waals surface area contributed by atoms with Crippen LogP contribution in [0.4, 0.5) is 0 Å². The number of methoxy groups -OCH3 is 1. The van der Waals surface area contributed by atoms with E-state index in [0.717, 1.165) is 11.8 Å². The zero-order valence-electron chi connectivity index (χ0n) is 20.7. The van der Waals surface area contributed by atoms with Crippen molar-refractivity contribution in [3.63, 3.8) is 0 Å². The number of amides is 2. The molecule has 3 rings (SSSR count). The number of nitrogens with two attached hydrogens (primary N) is 1. The summed E-state index contributed by atoms with van der Waals surface area (Å²) in [5.74, 6) is -1.93. The number of carbonyl (C=O) groups is 3. The molecule has 1 heterocycles. The third-order valence-electron chi connectivity index (χ3n) is 6.32. The molecular weight excluding hydrogens is 481 g/mol. The highest BCUT2D eigenvalue weighted by Crippen LogP contribution is 2.57. The van der Waals surface area contributed by atoms with E-state index in [1.165, 1.54) is 4.90 Å². The quantitative estimate of drug-likeness (QED) is 0.367. The predicted octanol–water partition coefficient (Wildman–Crippen LogP) is 2.37. The van der Waals surface area contributed by atoms with Crippen molar-refractivity contribution in [2.24, 2.45) is 5.73 Å². The Kier molecular flexibility index (Phi) is 9.43. The Labute approximate surface area is 211 Å². The highest BCUT2D eigenvalue weighted by Gasteiger charge is 2.48. The van der Waals surface area contributed by atoms with Crippen molar-refractivity contribution in [3.05, 3.63) is 71.8 Å². The lowest BCUT2D eigenvalue weighted by atomic mass is 10.1. The number of rotatable bonds is 10. The molecule has 1 aliphatic heterocycles. The molecule has 10 heteroatoms. The normalized spacial score (nSPS) is 17.3. The van der Waals surface area contributed by atoms with E-state index in [1.807, 2.05) is 12.1 Å². The van der Waals surface area contributed by atoms with Crippen LogP contribution in [0, 0.1) is 0 Å². The number of aliphatic hydroxyl groups excluding tert-OH is 1. The van der Waals surface area contributed by atoms with Crippen LogP contribution in [-0.2, 0) is 36.0 Å². The zero-order chi connectivity index (χ0) is 26.3. The molecule has 1 aliphatic rings. The average molecular weight is 516 g/mol. The summed E-state index contributed by atoms with van der Waals surface area (Å²) >= 11 is 0. The van der Waals surface area contributed by atoms with Gasteiger partial charge in [0.15, 0.2) is 13.3 Å². The van der Waals surface area contributed by atoms with Crippen molar-refractivity contribution in [2.75, 3.05) is 20.3 Å². The van der Waals surface area contributed by atoms with Gasteiger partial charge >= 0.3 is 5.97 Å². The minimum atomic E-state index is -3.75. The summed E-state index contributed by atoms with van der Waals surface area (Å²) in [6.45, 7) is 1.09. The summed E-state index contributed by atoms with van der Waals surface area (Å²) in [6, 6.07) is 14.8. The highest BCUT2D eigenvalue weighted by molar-refractivity contribution is 7.60. The smallest absolute Gasteiger partial charge is 0.331 e. The second kappa shape index (κ2) is 12.3. The van der Waals surface area contributed by atoms with E-state index in [0.29, 0.717) is 30.5 Å². The second-order valence-corrected chi connectivity index (χ2v) is 11.8. The first-order valence-electron chi connectivity index (χ1n) is 12.0. The van der Waals surface area contributed by atoms with Crippen molar-refractivity contribution in [1.29, 1.82) is 0 Å². The monoisotopic (exact) mass is 515 g/mol. The standard InChI is InChI=1S/C26H34N3O6P/c1-19(27)24(31)28-15-9-14-22(28)25(32)29(23(16-30)26(33)35-2)36(34,17-20-10-5-3-6-11-20)18-21-12-7-4-8-13-21/h3-8,10-13,19,22-23,30H,9,14-18,27H2,1-2H3/t19-,22-,23-/m0/s1. The van der Waals surface area contributed by atoms with Gasteiger partial charge in [-0.15, -0.1) is 0 Å². The molecule has 0 aromatic heterocycles. The van der Waals surface area contributed by atoms with E-state index in [2.05, 4.69) is 0 Å². The molecule has 9 nitrogen and oxygen atoms in total. The number of hydrogen-bond donors (Lipinski definition) is 2. The molecule has 0 unspecified atom stereocenters. The number of hydrogen-bond acceptors (Lipinski definition) is 7. The second-order valence-electron chi connectivity index (χ2n) is 9.02. The van der Waals surface area contributed by atoms with Crippen LogP contribution < -0.4 is 5.73 Å². The Bertz CT molecular complexity index is 1050. The van der Waals surface area contributed by atoms with E-state index < -0.39 is 49.8 Å². The maximum absolute atomic E-state index is 14.9. The van der Waals surface area contributed by atoms with Crippen molar-refractivity contribution in [3.8, 4) is 0 Å². The van der Waals surface area contributed by atoms with Gasteiger partial charge in [-0.2, -0.15) is 0 Å². The predicted molar refractivity (Wildman–Crippen MR) is 136 cm³/mol. The van der Waals surface area contributed by atoms with Gasteiger partial charge in [0.1, 0.15) is 6.04 Å². The molecule has 2 aromatic rings. The van der Waals surface area contributed by atoms with Gasteiger partial charge in [-0.25, -0.2) is 4.79 Å². The zero-order valence-corrected chi connectivity index (χ0v) is 21.6. The van der Waals surface area contributed by atoms with E-state index in [1.54, 1.807) is 55.5 Å². The molecule has 194 valence electrons. The van der Waals surface area contributed by atoms with Gasteiger partial charge in [0.05, 0.1) is 19.8 Å². The van der Waals surface area contributed by atoms with Crippen LogP contribution in [-0.4, -0.2) is 70.8 Å². The number of esters is 1. The van der Waals surface area contributed by atoms with Gasteiger partial charge in [-0.3, -0.25) is 18.8 Å². The maximum Gasteiger partial charge on any atom is 0.331 e. The number of carbonyl (C=O) groups excluding carboxylic acids is 3. The third kappa shape index (κ3) is 6.22. The van der Waals surface area contributed by atoms with Gasteiger partial charge in [0.2, 0.25) is 5.91 Å². The van der Waals surface area contributed by atoms with Crippen molar-refractivity contribution >= 4 is 25.1 Å². The lowest BCUT2D eigenvalue weighted by Crippen LogP contribution is -2.55. The first-order chi connectivity index (χ1) is 17.2. The molecule has 36 heavy (non-hydrogen) atoms. The molecule has 1 saturated heterocycles. The van der Waals surface area contributed by atoms with Gasteiger partial charge < -0.3 is 20.5 Å². The molecule has 1 fully saturated rings. The SMILES string of the molecule is COC(=O)[C@H](CO)N(C(=O)[C@@H]1CCCN1C(=O)[C@H](C)N)P(=O)(Cc1ccccc1)Cc1ccccc1. The number of nitrogens with zero attached hydrogens (tertiary/aromatic N) is 2. The topological polar surface area (TPSA) is 130 Å². The molecule has 0 radical (unpaired) electrons. The van der Waals surface area contributed by atoms with Crippen LogP contribution in [0.3, 0.4) is 0 Å². The first-order valence-corrected chi connectivity index (χ1v) is 14.0. The summed E-state index contributed by atoms with van der Waals surface area (Å²) in [4.78, 5) is 41.1. The molecule has 2 amide bonds. The lowest BCUT2D eigenvalue weighted by molar-refractivity contribution is -0.153. The van der Waals surface area contributed by atoms with E-state index in [-0.39, 0.29) is 12.3 Å². The lowest BCUT2D eigenvalue weighted by Gasteiger charge is -2.39. The summed E-state index contributed by atoms with van der Waals surface area (Å²) < 4.78 is 20.9. The van der Waals surface area contributed by atoms with E-state index in [4.69, 9.17) is 10.5 Å². The molecule has 3 atom stereocenters. The van der Waals surface area contributed by atoms with Crippen LogP contribution in [0.25, 0.3) is 0 Å². The fourth-order valence-electron chi connectivity index (χ4n) is 4.62. The Balaban J connectivity index is 2.13. The number of benzene rings is 2. The molecule has 2 aromatic carbocycles. The van der Waals surface area contributed by atoms with Crippen LogP contribution in [0.2, 0.25) is 0 Å². The minimum absolute atomic E-state index is 0.0179. The van der Waals surface area contributed by atoms with Gasteiger partial charge in [-0.1, -0.05) is 60.7 Å². The molecule has 0 spiro atoms. The van der Waals surface area contributed by atoms with Gasteiger partial charge in [-0.05, 0) is 30.9 Å². The Hall–Kier alpha value is -3.00. The Morgan fingerprint density at radius 2 is 1.61 bits per heavy atom. The van der Waals surface area contributed by atoms with E-state index in [9.17, 15) is 24.1 Å². The summed E-state index contributed by atoms with van der Waals surface area (Å²) in [7, 11) is -2.60. The molecule has 0 aliphatic carbocycles. The fourth-order valence-corrected chi connectivity index (χ4v) is 7.77. The van der Waals surface area contributed by atoms with Crippen LogP contribution in [0.1, 0.15) is 30.9 Å². The van der Waals surface area contributed by atoms with Crippen LogP contribution in [0.15, 0.2) is 60.7 Å². The third-order valence-corrected chi connectivity index (χ3v) is 9.30. The Morgan fingerprint density at radius 1 is 1.08 bits per heavy atom. The van der Waals surface area contributed by atoms with Crippen LogP contribution >= 0.6 is 7.29 Å². The Morgan fingerprint density at radius 3 is 2.06 bits per heavy atom. The minimum Gasteiger partial charge on any atom is -0.467 e. The highest BCUT2D eigenvalue weighted by atomic mass is 31.2.